The summed E-state index contributed by atoms with van der Waals surface area (Å²) in [6.07, 6.45) is 0.905. The van der Waals surface area contributed by atoms with Gasteiger partial charge in [0.2, 0.25) is 0 Å². The number of benzene rings is 1. The lowest BCUT2D eigenvalue weighted by molar-refractivity contribution is 0.0729. The smallest absolute Gasteiger partial charge is 0.163 e. The molecular weight excluding hydrogens is 240 g/mol. The number of fused-ring (bicyclic) bond motifs is 1. The third-order valence-corrected chi connectivity index (χ3v) is 3.98. The van der Waals surface area contributed by atoms with E-state index >= 15 is 0 Å². The van der Waals surface area contributed by atoms with Gasteiger partial charge in [0.25, 0.3) is 0 Å². The van der Waals surface area contributed by atoms with Crippen molar-refractivity contribution in [1.29, 1.82) is 0 Å². The van der Waals surface area contributed by atoms with E-state index < -0.39 is 0 Å². The highest BCUT2D eigenvalue weighted by Crippen LogP contribution is 2.48. The monoisotopic (exact) mass is 262 g/mol. The predicted molar refractivity (Wildman–Crippen MR) is 75.3 cm³/mol. The van der Waals surface area contributed by atoms with Crippen molar-refractivity contribution < 1.29 is 14.6 Å². The molecule has 0 radical (unpaired) electrons. The Morgan fingerprint density at radius 1 is 1.32 bits per heavy atom. The van der Waals surface area contributed by atoms with E-state index in [-0.39, 0.29) is 17.1 Å². The molecule has 0 saturated heterocycles. The Labute approximate surface area is 114 Å². The molecule has 0 aromatic heterocycles. The van der Waals surface area contributed by atoms with Crippen LogP contribution >= 0.6 is 0 Å². The fourth-order valence-electron chi connectivity index (χ4n) is 3.29. The summed E-state index contributed by atoms with van der Waals surface area (Å²) in [5.74, 6) is 1.03. The van der Waals surface area contributed by atoms with Crippen molar-refractivity contribution in [2.75, 3.05) is 0 Å². The molecule has 1 aliphatic heterocycles. The number of phenolic OH excluding ortho intramolecular Hbond substituents is 1. The van der Waals surface area contributed by atoms with Crippen LogP contribution in [0.15, 0.2) is 0 Å². The minimum absolute atomic E-state index is 0.0636. The molecule has 3 nitrogen and oxygen atoms in total. The van der Waals surface area contributed by atoms with E-state index in [9.17, 15) is 9.90 Å². The van der Waals surface area contributed by atoms with Crippen molar-refractivity contribution in [2.45, 2.75) is 59.5 Å². The largest absolute Gasteiger partial charge is 0.507 e. The van der Waals surface area contributed by atoms with Gasteiger partial charge < -0.3 is 9.84 Å². The number of ether oxygens (including phenoxy) is 1. The van der Waals surface area contributed by atoms with Crippen LogP contribution < -0.4 is 4.74 Å². The second kappa shape index (κ2) is 4.26. The number of carbonyl (C=O) groups excluding carboxylic acids is 1. The predicted octanol–water partition coefficient (Wildman–Crippen LogP) is 3.88. The lowest BCUT2D eigenvalue weighted by atomic mass is 9.80. The summed E-state index contributed by atoms with van der Waals surface area (Å²) in [4.78, 5) is 11.8. The molecule has 0 saturated carbocycles. The highest BCUT2D eigenvalue weighted by molar-refractivity contribution is 5.99. The molecule has 1 N–H and O–H groups in total. The Bertz CT molecular complexity index is 556. The molecule has 1 aromatic carbocycles. The van der Waals surface area contributed by atoms with Gasteiger partial charge in [0, 0.05) is 11.1 Å². The molecule has 1 atom stereocenters. The normalized spacial score (nSPS) is 20.6. The van der Waals surface area contributed by atoms with Crippen molar-refractivity contribution in [3.63, 3.8) is 0 Å². The third kappa shape index (κ3) is 2.11. The highest BCUT2D eigenvalue weighted by Gasteiger charge is 2.36. The Balaban J connectivity index is 2.78. The number of ketones is 1. The van der Waals surface area contributed by atoms with Crippen molar-refractivity contribution in [3.8, 4) is 11.5 Å². The summed E-state index contributed by atoms with van der Waals surface area (Å²) >= 11 is 0. The molecule has 0 amide bonds. The van der Waals surface area contributed by atoms with Crippen molar-refractivity contribution in [2.24, 2.45) is 0 Å². The van der Waals surface area contributed by atoms with Crippen LogP contribution in [-0.4, -0.2) is 16.5 Å². The van der Waals surface area contributed by atoms with Crippen LogP contribution in [0.1, 0.15) is 67.1 Å². The van der Waals surface area contributed by atoms with Gasteiger partial charge in [-0.05, 0) is 52.5 Å². The number of phenols is 1. The van der Waals surface area contributed by atoms with Gasteiger partial charge in [-0.3, -0.25) is 4.79 Å². The van der Waals surface area contributed by atoms with E-state index in [0.717, 1.165) is 23.3 Å². The van der Waals surface area contributed by atoms with Crippen LogP contribution in [0.5, 0.6) is 11.5 Å². The van der Waals surface area contributed by atoms with E-state index in [4.69, 9.17) is 4.74 Å². The maximum Gasteiger partial charge on any atom is 0.163 e. The molecule has 0 fully saturated rings. The molecule has 1 heterocycles. The molecule has 19 heavy (non-hydrogen) atoms. The van der Waals surface area contributed by atoms with Gasteiger partial charge in [-0.1, -0.05) is 6.92 Å². The first-order chi connectivity index (χ1) is 8.65. The Morgan fingerprint density at radius 2 is 1.89 bits per heavy atom. The second-order valence-corrected chi connectivity index (χ2v) is 6.24. The quantitative estimate of drug-likeness (QED) is 0.781. The van der Waals surface area contributed by atoms with Gasteiger partial charge >= 0.3 is 0 Å². The van der Waals surface area contributed by atoms with Crippen molar-refractivity contribution in [1.82, 2.24) is 0 Å². The average Bonchev–Trinajstić information content (AvgIpc) is 2.23. The third-order valence-electron chi connectivity index (χ3n) is 3.98. The van der Waals surface area contributed by atoms with E-state index in [1.807, 2.05) is 13.8 Å². The van der Waals surface area contributed by atoms with Crippen LogP contribution in [0.25, 0.3) is 0 Å². The molecule has 2 rings (SSSR count). The molecule has 1 aliphatic rings. The number of rotatable bonds is 1. The van der Waals surface area contributed by atoms with Crippen LogP contribution in [0.2, 0.25) is 0 Å². The number of hydrogen-bond acceptors (Lipinski definition) is 3. The SMILES string of the molecule is CC(=O)c1c(C)c2c(c(C)c1O)OC(C)(C)CC2C. The molecule has 3 heteroatoms. The van der Waals surface area contributed by atoms with Gasteiger partial charge in [-0.2, -0.15) is 0 Å². The maximum atomic E-state index is 11.8. The molecule has 0 bridgehead atoms. The maximum absolute atomic E-state index is 11.8. The topological polar surface area (TPSA) is 46.5 Å². The minimum atomic E-state index is -0.242. The lowest BCUT2D eigenvalue weighted by Gasteiger charge is -2.38. The number of carbonyl (C=O) groups is 1. The Kier molecular flexibility index (Phi) is 3.12. The zero-order valence-corrected chi connectivity index (χ0v) is 12.5. The zero-order valence-electron chi connectivity index (χ0n) is 12.5. The van der Waals surface area contributed by atoms with Crippen LogP contribution in [-0.2, 0) is 0 Å². The molecule has 1 unspecified atom stereocenters. The van der Waals surface area contributed by atoms with E-state index in [1.54, 1.807) is 0 Å². The summed E-state index contributed by atoms with van der Waals surface area (Å²) < 4.78 is 6.05. The molecule has 104 valence electrons. The van der Waals surface area contributed by atoms with E-state index in [1.165, 1.54) is 6.92 Å². The van der Waals surface area contributed by atoms with Gasteiger partial charge in [-0.15, -0.1) is 0 Å². The summed E-state index contributed by atoms with van der Waals surface area (Å²) in [6.45, 7) is 11.5. The minimum Gasteiger partial charge on any atom is -0.507 e. The molecule has 0 spiro atoms. The summed E-state index contributed by atoms with van der Waals surface area (Å²) in [5.41, 5.74) is 2.79. The number of Topliss-reactive ketones (excluding diaryl/α,β-unsaturated/α-hetero) is 1. The van der Waals surface area contributed by atoms with Gasteiger partial charge in [0.1, 0.15) is 17.1 Å². The zero-order chi connectivity index (χ0) is 14.5. The van der Waals surface area contributed by atoms with Gasteiger partial charge in [0.15, 0.2) is 5.78 Å². The molecule has 1 aromatic rings. The molecule has 0 aliphatic carbocycles. The standard InChI is InChI=1S/C16H22O3/c1-8-7-16(5,6)19-15-10(3)14(18)13(11(4)17)9(2)12(8)15/h8,18H,7H2,1-6H3. The summed E-state index contributed by atoms with van der Waals surface area (Å²) in [7, 11) is 0. The fraction of sp³-hybridized carbons (Fsp3) is 0.562. The van der Waals surface area contributed by atoms with Crippen LogP contribution in [0.4, 0.5) is 0 Å². The van der Waals surface area contributed by atoms with E-state index in [2.05, 4.69) is 20.8 Å². The van der Waals surface area contributed by atoms with Crippen molar-refractivity contribution >= 4 is 5.78 Å². The number of aromatic hydroxyl groups is 1. The van der Waals surface area contributed by atoms with Crippen LogP contribution in [0, 0.1) is 13.8 Å². The summed E-state index contributed by atoms with van der Waals surface area (Å²) in [5, 5.41) is 10.3. The first kappa shape index (κ1) is 13.9. The Morgan fingerprint density at radius 3 is 2.42 bits per heavy atom. The fourth-order valence-corrected chi connectivity index (χ4v) is 3.29. The van der Waals surface area contributed by atoms with Gasteiger partial charge in [-0.25, -0.2) is 0 Å². The molecular formula is C16H22O3. The van der Waals surface area contributed by atoms with Gasteiger partial charge in [0.05, 0.1) is 5.56 Å². The second-order valence-electron chi connectivity index (χ2n) is 6.24. The van der Waals surface area contributed by atoms with Crippen molar-refractivity contribution in [3.05, 3.63) is 22.3 Å². The first-order valence-electron chi connectivity index (χ1n) is 6.71. The highest BCUT2D eigenvalue weighted by atomic mass is 16.5. The van der Waals surface area contributed by atoms with Crippen LogP contribution in [0.3, 0.4) is 0 Å². The number of hydrogen-bond donors (Lipinski definition) is 1. The van der Waals surface area contributed by atoms with E-state index in [0.29, 0.717) is 17.0 Å². The first-order valence-corrected chi connectivity index (χ1v) is 6.71. The lowest BCUT2D eigenvalue weighted by Crippen LogP contribution is -2.35. The summed E-state index contributed by atoms with van der Waals surface area (Å²) in [6, 6.07) is 0. The Hall–Kier alpha value is -1.51. The average molecular weight is 262 g/mol.